The van der Waals surface area contributed by atoms with Crippen LogP contribution in [0.15, 0.2) is 48.5 Å². The predicted octanol–water partition coefficient (Wildman–Crippen LogP) is 2.67. The Kier molecular flexibility index (Phi) is 3.59. The number of amides is 2. The molecule has 0 saturated carbocycles. The third-order valence-electron chi connectivity index (χ3n) is 5.98. The predicted molar refractivity (Wildman–Crippen MR) is 96.3 cm³/mol. The molecular weight excluding hydrogens is 347 g/mol. The van der Waals surface area contributed by atoms with Crippen LogP contribution in [0.5, 0.6) is 0 Å². The Morgan fingerprint density at radius 2 is 1.89 bits per heavy atom. The summed E-state index contributed by atoms with van der Waals surface area (Å²) in [6, 6.07) is 13.3. The number of rotatable bonds is 2. The van der Waals surface area contributed by atoms with Gasteiger partial charge in [0.1, 0.15) is 5.82 Å². The van der Waals surface area contributed by atoms with Gasteiger partial charge >= 0.3 is 0 Å². The summed E-state index contributed by atoms with van der Waals surface area (Å²) in [6.07, 6.45) is 0.974. The van der Waals surface area contributed by atoms with Crippen LogP contribution in [0.25, 0.3) is 11.1 Å². The molecule has 3 fully saturated rings. The highest BCUT2D eigenvalue weighted by Crippen LogP contribution is 2.45. The van der Waals surface area contributed by atoms with E-state index in [-0.39, 0.29) is 23.7 Å². The van der Waals surface area contributed by atoms with Gasteiger partial charge in [0.2, 0.25) is 5.91 Å². The fourth-order valence-electron chi connectivity index (χ4n) is 4.69. The summed E-state index contributed by atoms with van der Waals surface area (Å²) < 4.78 is 19.9. The Morgan fingerprint density at radius 3 is 2.67 bits per heavy atom. The number of ether oxygens (including phenoxy) is 1. The molecule has 27 heavy (non-hydrogen) atoms. The zero-order chi connectivity index (χ0) is 18.6. The zero-order valence-electron chi connectivity index (χ0n) is 14.7. The average Bonchev–Trinajstić information content (AvgIpc) is 3.33. The molecule has 2 aromatic carbocycles. The molecule has 2 aromatic rings. The quantitative estimate of drug-likeness (QED) is 0.821. The molecule has 2 atom stereocenters. The van der Waals surface area contributed by atoms with Crippen molar-refractivity contribution in [3.8, 4) is 11.1 Å². The van der Waals surface area contributed by atoms with Gasteiger partial charge in [0.25, 0.3) is 5.91 Å². The van der Waals surface area contributed by atoms with Crippen LogP contribution in [0.4, 0.5) is 4.39 Å². The summed E-state index contributed by atoms with van der Waals surface area (Å²) in [5, 5.41) is 0. The van der Waals surface area contributed by atoms with E-state index in [0.29, 0.717) is 43.7 Å². The van der Waals surface area contributed by atoms with E-state index < -0.39 is 5.72 Å². The number of carbonyl (C=O) groups is 2. The lowest BCUT2D eigenvalue weighted by molar-refractivity contribution is -0.136. The lowest BCUT2D eigenvalue weighted by Gasteiger charge is -2.31. The maximum Gasteiger partial charge on any atom is 0.254 e. The third kappa shape index (κ3) is 2.33. The Morgan fingerprint density at radius 1 is 1.11 bits per heavy atom. The first-order valence-corrected chi connectivity index (χ1v) is 9.20. The molecule has 2 amide bonds. The minimum Gasteiger partial charge on any atom is -0.351 e. The molecule has 138 valence electrons. The van der Waals surface area contributed by atoms with Crippen molar-refractivity contribution in [2.75, 3.05) is 19.7 Å². The molecule has 0 radical (unpaired) electrons. The SMILES string of the molecule is O=C(c1ccc(-c2ccccc2F)cc1)N1CC[C@@]23OCCN2C(=O)C[C@@H]13. The summed E-state index contributed by atoms with van der Waals surface area (Å²) in [7, 11) is 0. The van der Waals surface area contributed by atoms with E-state index in [9.17, 15) is 14.0 Å². The monoisotopic (exact) mass is 366 g/mol. The second-order valence-corrected chi connectivity index (χ2v) is 7.26. The number of benzene rings is 2. The number of hydrogen-bond acceptors (Lipinski definition) is 3. The van der Waals surface area contributed by atoms with Crippen LogP contribution in [0.2, 0.25) is 0 Å². The topological polar surface area (TPSA) is 49.9 Å². The maximum atomic E-state index is 14.0. The highest BCUT2D eigenvalue weighted by Gasteiger charge is 2.62. The first-order valence-electron chi connectivity index (χ1n) is 9.20. The highest BCUT2D eigenvalue weighted by molar-refractivity contribution is 5.96. The summed E-state index contributed by atoms with van der Waals surface area (Å²) in [4.78, 5) is 28.9. The molecule has 3 saturated heterocycles. The summed E-state index contributed by atoms with van der Waals surface area (Å²) in [5.41, 5.74) is 1.15. The van der Waals surface area contributed by atoms with Crippen LogP contribution in [0.3, 0.4) is 0 Å². The maximum absolute atomic E-state index is 14.0. The minimum absolute atomic E-state index is 0.0601. The number of likely N-dealkylation sites (tertiary alicyclic amines) is 1. The van der Waals surface area contributed by atoms with E-state index in [1.54, 1.807) is 52.3 Å². The molecule has 0 unspecified atom stereocenters. The first kappa shape index (κ1) is 16.4. The smallest absolute Gasteiger partial charge is 0.254 e. The van der Waals surface area contributed by atoms with Crippen molar-refractivity contribution in [1.29, 1.82) is 0 Å². The van der Waals surface area contributed by atoms with Gasteiger partial charge in [-0.3, -0.25) is 9.59 Å². The summed E-state index contributed by atoms with van der Waals surface area (Å²) >= 11 is 0. The molecule has 6 heteroatoms. The molecule has 5 nitrogen and oxygen atoms in total. The average molecular weight is 366 g/mol. The van der Waals surface area contributed by atoms with Crippen molar-refractivity contribution in [3.63, 3.8) is 0 Å². The van der Waals surface area contributed by atoms with Crippen molar-refractivity contribution in [2.45, 2.75) is 24.6 Å². The van der Waals surface area contributed by atoms with Crippen molar-refractivity contribution >= 4 is 11.8 Å². The molecule has 1 spiro atoms. The van der Waals surface area contributed by atoms with Crippen LogP contribution in [0.1, 0.15) is 23.2 Å². The Balaban J connectivity index is 1.41. The Labute approximate surface area is 156 Å². The van der Waals surface area contributed by atoms with Crippen LogP contribution >= 0.6 is 0 Å². The van der Waals surface area contributed by atoms with Crippen molar-refractivity contribution in [3.05, 3.63) is 59.9 Å². The Bertz CT molecular complexity index is 929. The third-order valence-corrected chi connectivity index (χ3v) is 5.98. The van der Waals surface area contributed by atoms with E-state index in [4.69, 9.17) is 4.74 Å². The molecule has 0 aliphatic carbocycles. The lowest BCUT2D eigenvalue weighted by Crippen LogP contribution is -2.48. The minimum atomic E-state index is -0.625. The molecule has 0 N–H and O–H groups in total. The molecule has 0 aromatic heterocycles. The highest BCUT2D eigenvalue weighted by atomic mass is 19.1. The van der Waals surface area contributed by atoms with E-state index in [1.165, 1.54) is 6.07 Å². The second kappa shape index (κ2) is 5.89. The Hall–Kier alpha value is -2.73. The summed E-state index contributed by atoms with van der Waals surface area (Å²) in [5.74, 6) is -0.340. The van der Waals surface area contributed by atoms with Gasteiger partial charge in [0.05, 0.1) is 19.1 Å². The second-order valence-electron chi connectivity index (χ2n) is 7.26. The normalized spacial score (nSPS) is 26.4. The number of hydrogen-bond donors (Lipinski definition) is 0. The molecule has 3 heterocycles. The number of nitrogens with zero attached hydrogens (tertiary/aromatic N) is 2. The number of halogens is 1. The van der Waals surface area contributed by atoms with Gasteiger partial charge in [-0.25, -0.2) is 4.39 Å². The van der Waals surface area contributed by atoms with Gasteiger partial charge in [-0.1, -0.05) is 30.3 Å². The lowest BCUT2D eigenvalue weighted by atomic mass is 10.0. The van der Waals surface area contributed by atoms with Crippen LogP contribution in [-0.2, 0) is 9.53 Å². The van der Waals surface area contributed by atoms with Crippen LogP contribution < -0.4 is 0 Å². The van der Waals surface area contributed by atoms with Crippen LogP contribution in [0, 0.1) is 5.82 Å². The van der Waals surface area contributed by atoms with E-state index >= 15 is 0 Å². The molecule has 3 aliphatic rings. The zero-order valence-corrected chi connectivity index (χ0v) is 14.7. The molecular formula is C21H19FN2O3. The van der Waals surface area contributed by atoms with E-state index in [2.05, 4.69) is 0 Å². The van der Waals surface area contributed by atoms with Crippen LogP contribution in [-0.4, -0.2) is 53.1 Å². The standard InChI is InChI=1S/C21H19FN2O3/c22-17-4-2-1-3-16(17)14-5-7-15(8-6-14)20(26)23-10-9-21-18(23)13-19(25)24(21)11-12-27-21/h1-8,18H,9-13H2/t18-,21+/m1/s1. The van der Waals surface area contributed by atoms with Gasteiger partial charge in [-0.15, -0.1) is 0 Å². The fourth-order valence-corrected chi connectivity index (χ4v) is 4.69. The van der Waals surface area contributed by atoms with Gasteiger partial charge in [-0.2, -0.15) is 0 Å². The fraction of sp³-hybridized carbons (Fsp3) is 0.333. The van der Waals surface area contributed by atoms with Gasteiger partial charge < -0.3 is 14.5 Å². The number of carbonyl (C=O) groups excluding carboxylic acids is 2. The van der Waals surface area contributed by atoms with Gasteiger partial charge in [-0.05, 0) is 23.8 Å². The van der Waals surface area contributed by atoms with Crippen molar-refractivity contribution in [1.82, 2.24) is 9.80 Å². The largest absolute Gasteiger partial charge is 0.351 e. The molecule has 5 rings (SSSR count). The first-order chi connectivity index (χ1) is 13.1. The van der Waals surface area contributed by atoms with Gasteiger partial charge in [0, 0.05) is 30.6 Å². The van der Waals surface area contributed by atoms with Crippen molar-refractivity contribution in [2.24, 2.45) is 0 Å². The van der Waals surface area contributed by atoms with E-state index in [0.717, 1.165) is 5.56 Å². The molecule has 3 aliphatic heterocycles. The van der Waals surface area contributed by atoms with Crippen molar-refractivity contribution < 1.29 is 18.7 Å². The molecule has 0 bridgehead atoms. The summed E-state index contributed by atoms with van der Waals surface area (Å²) in [6.45, 7) is 1.71. The van der Waals surface area contributed by atoms with Gasteiger partial charge in [0.15, 0.2) is 5.72 Å². The van der Waals surface area contributed by atoms with E-state index in [1.807, 2.05) is 0 Å².